The Hall–Kier alpha value is -0.960. The van der Waals surface area contributed by atoms with Crippen molar-refractivity contribution in [1.29, 1.82) is 0 Å². The van der Waals surface area contributed by atoms with Crippen molar-refractivity contribution in [2.24, 2.45) is 0 Å². The molecule has 8 heteroatoms. The van der Waals surface area contributed by atoms with Crippen LogP contribution in [0.2, 0.25) is 0 Å². The standard InChI is InChI=1S/C9H15FN2O5/c10-6-7(15)4(3-13)17-8(6)12-2-1-5(14)11-9(12)16/h4-8,13-15H,1-3H2,(H,11,16)/t4-,5-,6+,7-,8-/m1/s1. The van der Waals surface area contributed by atoms with Crippen molar-refractivity contribution in [3.8, 4) is 0 Å². The van der Waals surface area contributed by atoms with Crippen LogP contribution in [0.5, 0.6) is 0 Å². The highest BCUT2D eigenvalue weighted by atomic mass is 19.1. The van der Waals surface area contributed by atoms with Crippen LogP contribution < -0.4 is 5.32 Å². The number of carbonyl (C=O) groups is 1. The SMILES string of the molecule is O=C1N[C@H](O)CCN1[C@@H]1O[C@H](CO)[C@@H](O)[C@@H]1F. The van der Waals surface area contributed by atoms with Gasteiger partial charge in [-0.15, -0.1) is 0 Å². The van der Waals surface area contributed by atoms with Crippen molar-refractivity contribution in [2.75, 3.05) is 13.2 Å². The van der Waals surface area contributed by atoms with Gasteiger partial charge in [-0.05, 0) is 0 Å². The second kappa shape index (κ2) is 4.73. The van der Waals surface area contributed by atoms with Gasteiger partial charge in [-0.2, -0.15) is 0 Å². The topological polar surface area (TPSA) is 102 Å². The van der Waals surface area contributed by atoms with Crippen LogP contribution in [0.1, 0.15) is 6.42 Å². The van der Waals surface area contributed by atoms with Crippen LogP contribution in [-0.4, -0.2) is 70.2 Å². The molecule has 2 saturated heterocycles. The maximum atomic E-state index is 13.7. The highest BCUT2D eigenvalue weighted by Gasteiger charge is 2.48. The van der Waals surface area contributed by atoms with E-state index in [1.165, 1.54) is 0 Å². The summed E-state index contributed by atoms with van der Waals surface area (Å²) in [6, 6.07) is -0.651. The maximum absolute atomic E-state index is 13.7. The molecule has 2 rings (SSSR count). The van der Waals surface area contributed by atoms with Crippen molar-refractivity contribution in [2.45, 2.75) is 37.3 Å². The number of halogens is 1. The second-order valence-electron chi connectivity index (χ2n) is 4.13. The molecule has 0 aromatic rings. The van der Waals surface area contributed by atoms with Gasteiger partial charge in [-0.1, -0.05) is 0 Å². The lowest BCUT2D eigenvalue weighted by Crippen LogP contribution is -2.57. The first-order chi connectivity index (χ1) is 8.04. The summed E-state index contributed by atoms with van der Waals surface area (Å²) in [6.45, 7) is -0.390. The Balaban J connectivity index is 2.05. The summed E-state index contributed by atoms with van der Waals surface area (Å²) in [5.74, 6) is 0. The normalized spacial score (nSPS) is 42.7. The van der Waals surface area contributed by atoms with E-state index < -0.39 is 43.5 Å². The third-order valence-corrected chi connectivity index (χ3v) is 2.98. The predicted molar refractivity (Wildman–Crippen MR) is 52.5 cm³/mol. The first-order valence-corrected chi connectivity index (χ1v) is 5.38. The van der Waals surface area contributed by atoms with E-state index in [-0.39, 0.29) is 13.0 Å². The van der Waals surface area contributed by atoms with Gasteiger partial charge in [0.15, 0.2) is 12.4 Å². The van der Waals surface area contributed by atoms with Gasteiger partial charge in [0.1, 0.15) is 18.4 Å². The number of ether oxygens (including phenoxy) is 1. The summed E-state index contributed by atoms with van der Waals surface area (Å²) < 4.78 is 18.8. The van der Waals surface area contributed by atoms with E-state index in [2.05, 4.69) is 5.32 Å². The summed E-state index contributed by atoms with van der Waals surface area (Å²) in [5, 5.41) is 29.7. The van der Waals surface area contributed by atoms with E-state index in [1.807, 2.05) is 0 Å². The van der Waals surface area contributed by atoms with E-state index in [0.29, 0.717) is 0 Å². The molecule has 7 nitrogen and oxygen atoms in total. The first-order valence-electron chi connectivity index (χ1n) is 5.38. The molecule has 0 aliphatic carbocycles. The van der Waals surface area contributed by atoms with Crippen LogP contribution in [0, 0.1) is 0 Å². The highest BCUT2D eigenvalue weighted by molar-refractivity contribution is 5.75. The van der Waals surface area contributed by atoms with Crippen molar-refractivity contribution in [3.63, 3.8) is 0 Å². The summed E-state index contributed by atoms with van der Waals surface area (Å²) >= 11 is 0. The molecule has 2 aliphatic rings. The number of nitrogens with one attached hydrogen (secondary N) is 1. The number of alkyl halides is 1. The molecule has 4 N–H and O–H groups in total. The molecule has 0 saturated carbocycles. The van der Waals surface area contributed by atoms with Gasteiger partial charge in [-0.25, -0.2) is 9.18 Å². The molecule has 5 atom stereocenters. The van der Waals surface area contributed by atoms with Crippen LogP contribution in [-0.2, 0) is 4.74 Å². The van der Waals surface area contributed by atoms with Gasteiger partial charge in [0.2, 0.25) is 0 Å². The molecular weight excluding hydrogens is 235 g/mol. The number of hydrogen-bond donors (Lipinski definition) is 4. The van der Waals surface area contributed by atoms with Gasteiger partial charge >= 0.3 is 6.03 Å². The van der Waals surface area contributed by atoms with Crippen molar-refractivity contribution < 1.29 is 29.2 Å². The Labute approximate surface area is 96.8 Å². The summed E-state index contributed by atoms with van der Waals surface area (Å²) in [6.07, 6.45) is -6.18. The fourth-order valence-corrected chi connectivity index (χ4v) is 2.01. The van der Waals surface area contributed by atoms with Crippen LogP contribution in [0.25, 0.3) is 0 Å². The van der Waals surface area contributed by atoms with E-state index >= 15 is 0 Å². The fourth-order valence-electron chi connectivity index (χ4n) is 2.01. The van der Waals surface area contributed by atoms with Crippen LogP contribution in [0.4, 0.5) is 9.18 Å². The van der Waals surface area contributed by atoms with Crippen LogP contribution in [0.3, 0.4) is 0 Å². The molecule has 0 bridgehead atoms. The average molecular weight is 250 g/mol. The number of urea groups is 1. The zero-order valence-corrected chi connectivity index (χ0v) is 8.99. The molecule has 0 radical (unpaired) electrons. The van der Waals surface area contributed by atoms with Crippen LogP contribution in [0.15, 0.2) is 0 Å². The molecule has 2 aliphatic heterocycles. The number of carbonyl (C=O) groups excluding carboxylic acids is 1. The van der Waals surface area contributed by atoms with Crippen molar-refractivity contribution >= 4 is 6.03 Å². The Kier molecular flexibility index (Phi) is 3.48. The molecule has 2 fully saturated rings. The molecule has 17 heavy (non-hydrogen) atoms. The van der Waals surface area contributed by atoms with Gasteiger partial charge < -0.3 is 25.4 Å². The smallest absolute Gasteiger partial charge is 0.321 e. The zero-order chi connectivity index (χ0) is 12.6. The third-order valence-electron chi connectivity index (χ3n) is 2.98. The first kappa shape index (κ1) is 12.5. The molecule has 0 spiro atoms. The van der Waals surface area contributed by atoms with E-state index in [1.54, 1.807) is 0 Å². The van der Waals surface area contributed by atoms with E-state index in [9.17, 15) is 19.4 Å². The molecule has 0 aromatic heterocycles. The lowest BCUT2D eigenvalue weighted by atomic mass is 10.1. The maximum Gasteiger partial charge on any atom is 0.321 e. The Morgan fingerprint density at radius 1 is 1.53 bits per heavy atom. The molecule has 0 aromatic carbocycles. The number of nitrogens with zero attached hydrogens (tertiary/aromatic N) is 1. The Morgan fingerprint density at radius 2 is 2.24 bits per heavy atom. The van der Waals surface area contributed by atoms with Crippen molar-refractivity contribution in [1.82, 2.24) is 10.2 Å². The van der Waals surface area contributed by atoms with E-state index in [4.69, 9.17) is 9.84 Å². The largest absolute Gasteiger partial charge is 0.394 e. The zero-order valence-electron chi connectivity index (χ0n) is 8.99. The minimum Gasteiger partial charge on any atom is -0.394 e. The molecule has 2 heterocycles. The number of aliphatic hydroxyl groups is 3. The lowest BCUT2D eigenvalue weighted by Gasteiger charge is -2.34. The number of aliphatic hydroxyl groups excluding tert-OH is 3. The highest BCUT2D eigenvalue weighted by Crippen LogP contribution is 2.27. The Bertz CT molecular complexity index is 305. The molecule has 98 valence electrons. The van der Waals surface area contributed by atoms with Crippen molar-refractivity contribution in [3.05, 3.63) is 0 Å². The number of hydrogen-bond acceptors (Lipinski definition) is 5. The van der Waals surface area contributed by atoms with Gasteiger partial charge in [-0.3, -0.25) is 4.90 Å². The number of amides is 2. The second-order valence-corrected chi connectivity index (χ2v) is 4.13. The fraction of sp³-hybridized carbons (Fsp3) is 0.889. The average Bonchev–Trinajstić information content (AvgIpc) is 2.57. The van der Waals surface area contributed by atoms with Crippen LogP contribution >= 0.6 is 0 Å². The summed E-state index contributed by atoms with van der Waals surface area (Å²) in [7, 11) is 0. The quantitative estimate of drug-likeness (QED) is 0.460. The molecule has 2 amide bonds. The molecular formula is C9H15FN2O5. The van der Waals surface area contributed by atoms with Gasteiger partial charge in [0, 0.05) is 13.0 Å². The van der Waals surface area contributed by atoms with E-state index in [0.717, 1.165) is 4.90 Å². The monoisotopic (exact) mass is 250 g/mol. The number of rotatable bonds is 2. The minimum absolute atomic E-state index is 0.128. The summed E-state index contributed by atoms with van der Waals surface area (Å²) in [4.78, 5) is 12.6. The van der Waals surface area contributed by atoms with Gasteiger partial charge in [0.05, 0.1) is 6.61 Å². The summed E-state index contributed by atoms with van der Waals surface area (Å²) in [5.41, 5.74) is 0. The molecule has 0 unspecified atom stereocenters. The lowest BCUT2D eigenvalue weighted by molar-refractivity contribution is -0.0804. The Morgan fingerprint density at radius 3 is 2.76 bits per heavy atom. The minimum atomic E-state index is -1.77. The van der Waals surface area contributed by atoms with Gasteiger partial charge in [0.25, 0.3) is 0 Å². The third kappa shape index (κ3) is 2.21. The predicted octanol–water partition coefficient (Wildman–Crippen LogP) is -1.86.